The highest BCUT2D eigenvalue weighted by molar-refractivity contribution is 5.97. The third-order valence-corrected chi connectivity index (χ3v) is 4.47. The fraction of sp³-hybridized carbons (Fsp3) is 0.556. The second-order valence-electron chi connectivity index (χ2n) is 6.02. The Kier molecular flexibility index (Phi) is 5.99. The molecule has 120 valence electrons. The maximum absolute atomic E-state index is 12.3. The van der Waals surface area contributed by atoms with Crippen LogP contribution in [0.25, 0.3) is 0 Å². The number of aryl methyl sites for hydroxylation is 1. The van der Waals surface area contributed by atoms with Crippen LogP contribution >= 0.6 is 0 Å². The van der Waals surface area contributed by atoms with E-state index in [2.05, 4.69) is 12.2 Å². The third-order valence-electron chi connectivity index (χ3n) is 4.47. The minimum absolute atomic E-state index is 0.0335. The molecule has 0 spiro atoms. The van der Waals surface area contributed by atoms with Gasteiger partial charge in [-0.3, -0.25) is 9.59 Å². The molecule has 4 nitrogen and oxygen atoms in total. The number of rotatable bonds is 5. The highest BCUT2D eigenvalue weighted by atomic mass is 16.2. The summed E-state index contributed by atoms with van der Waals surface area (Å²) >= 11 is 0. The van der Waals surface area contributed by atoms with Crippen molar-refractivity contribution in [3.8, 4) is 0 Å². The Hall–Kier alpha value is -1.84. The molecule has 0 saturated carbocycles. The fourth-order valence-corrected chi connectivity index (χ4v) is 3.06. The molecule has 22 heavy (non-hydrogen) atoms. The monoisotopic (exact) mass is 302 g/mol. The molecule has 1 aromatic carbocycles. The number of likely N-dealkylation sites (tertiary alicyclic amines) is 1. The predicted molar refractivity (Wildman–Crippen MR) is 87.3 cm³/mol. The first-order valence-electron chi connectivity index (χ1n) is 8.22. The van der Waals surface area contributed by atoms with Crippen LogP contribution in [0.2, 0.25) is 0 Å². The molecule has 1 atom stereocenters. The average molecular weight is 302 g/mol. The summed E-state index contributed by atoms with van der Waals surface area (Å²) in [6.07, 6.45) is 4.22. The number of carbonyl (C=O) groups is 2. The average Bonchev–Trinajstić information content (AvgIpc) is 2.54. The van der Waals surface area contributed by atoms with Crippen molar-refractivity contribution in [2.75, 3.05) is 6.54 Å². The van der Waals surface area contributed by atoms with Crippen LogP contribution in [0.15, 0.2) is 24.3 Å². The zero-order chi connectivity index (χ0) is 15.9. The number of carbonyl (C=O) groups excluding carboxylic acids is 2. The van der Waals surface area contributed by atoms with E-state index in [-0.39, 0.29) is 18.2 Å². The SMILES string of the molecule is CCC1CCCCN1C(=O)CC(=O)NCc1ccccc1C. The first-order valence-corrected chi connectivity index (χ1v) is 8.22. The molecule has 1 unspecified atom stereocenters. The van der Waals surface area contributed by atoms with Crippen molar-refractivity contribution in [1.29, 1.82) is 0 Å². The van der Waals surface area contributed by atoms with Crippen molar-refractivity contribution in [2.24, 2.45) is 0 Å². The van der Waals surface area contributed by atoms with Crippen molar-refractivity contribution in [2.45, 2.75) is 58.5 Å². The van der Waals surface area contributed by atoms with Crippen molar-refractivity contribution in [3.63, 3.8) is 0 Å². The summed E-state index contributed by atoms with van der Waals surface area (Å²) in [5.41, 5.74) is 2.24. The number of benzene rings is 1. The number of nitrogens with zero attached hydrogens (tertiary/aromatic N) is 1. The first kappa shape index (κ1) is 16.5. The number of hydrogen-bond acceptors (Lipinski definition) is 2. The topological polar surface area (TPSA) is 49.4 Å². The quantitative estimate of drug-likeness (QED) is 0.850. The molecule has 1 fully saturated rings. The molecule has 0 aliphatic carbocycles. The van der Waals surface area contributed by atoms with Gasteiger partial charge in [0.1, 0.15) is 6.42 Å². The van der Waals surface area contributed by atoms with Gasteiger partial charge in [0.15, 0.2) is 0 Å². The van der Waals surface area contributed by atoms with Gasteiger partial charge in [0.2, 0.25) is 11.8 Å². The minimum atomic E-state index is -0.186. The molecular formula is C18H26N2O2. The van der Waals surface area contributed by atoms with Gasteiger partial charge in [-0.1, -0.05) is 31.2 Å². The lowest BCUT2D eigenvalue weighted by Crippen LogP contribution is -2.45. The lowest BCUT2D eigenvalue weighted by atomic mass is 9.99. The number of amides is 2. The van der Waals surface area contributed by atoms with E-state index in [9.17, 15) is 9.59 Å². The molecule has 1 aliphatic rings. The highest BCUT2D eigenvalue weighted by Crippen LogP contribution is 2.20. The highest BCUT2D eigenvalue weighted by Gasteiger charge is 2.26. The summed E-state index contributed by atoms with van der Waals surface area (Å²) in [6, 6.07) is 8.26. The molecule has 1 aromatic rings. The Morgan fingerprint density at radius 1 is 1.27 bits per heavy atom. The van der Waals surface area contributed by atoms with Crippen LogP contribution in [0, 0.1) is 6.92 Å². The van der Waals surface area contributed by atoms with Crippen molar-refractivity contribution < 1.29 is 9.59 Å². The molecule has 2 rings (SSSR count). The fourth-order valence-electron chi connectivity index (χ4n) is 3.06. The molecule has 1 N–H and O–H groups in total. The van der Waals surface area contributed by atoms with Gasteiger partial charge in [-0.2, -0.15) is 0 Å². The largest absolute Gasteiger partial charge is 0.352 e. The summed E-state index contributed by atoms with van der Waals surface area (Å²) in [5.74, 6) is -0.220. The zero-order valence-corrected chi connectivity index (χ0v) is 13.6. The molecule has 1 aliphatic heterocycles. The van der Waals surface area contributed by atoms with Gasteiger partial charge in [-0.05, 0) is 43.7 Å². The van der Waals surface area contributed by atoms with Gasteiger partial charge in [0.05, 0.1) is 0 Å². The summed E-state index contributed by atoms with van der Waals surface area (Å²) in [6.45, 7) is 5.40. The Morgan fingerprint density at radius 2 is 2.05 bits per heavy atom. The molecule has 1 heterocycles. The third kappa shape index (κ3) is 4.33. The Morgan fingerprint density at radius 3 is 2.77 bits per heavy atom. The number of nitrogens with one attached hydrogen (secondary N) is 1. The summed E-state index contributed by atoms with van der Waals surface area (Å²) in [5, 5.41) is 2.86. The summed E-state index contributed by atoms with van der Waals surface area (Å²) in [7, 11) is 0. The van der Waals surface area contributed by atoms with Crippen molar-refractivity contribution in [3.05, 3.63) is 35.4 Å². The van der Waals surface area contributed by atoms with E-state index in [4.69, 9.17) is 0 Å². The van der Waals surface area contributed by atoms with Gasteiger partial charge < -0.3 is 10.2 Å². The van der Waals surface area contributed by atoms with Gasteiger partial charge in [-0.15, -0.1) is 0 Å². The van der Waals surface area contributed by atoms with E-state index in [1.807, 2.05) is 36.1 Å². The number of piperidine rings is 1. The summed E-state index contributed by atoms with van der Waals surface area (Å²) in [4.78, 5) is 26.2. The van der Waals surface area contributed by atoms with Crippen molar-refractivity contribution >= 4 is 11.8 Å². The second-order valence-corrected chi connectivity index (χ2v) is 6.02. The Balaban J connectivity index is 1.83. The Labute approximate surface area is 132 Å². The normalized spacial score (nSPS) is 18.1. The molecular weight excluding hydrogens is 276 g/mol. The standard InChI is InChI=1S/C18H26N2O2/c1-3-16-10-6-7-11-20(16)18(22)12-17(21)19-13-15-9-5-4-8-14(15)2/h4-5,8-9,16H,3,6-7,10-13H2,1-2H3,(H,19,21). The predicted octanol–water partition coefficient (Wildman–Crippen LogP) is 2.79. The zero-order valence-electron chi connectivity index (χ0n) is 13.6. The summed E-state index contributed by atoms with van der Waals surface area (Å²) < 4.78 is 0. The lowest BCUT2D eigenvalue weighted by molar-refractivity contribution is -0.139. The van der Waals surface area contributed by atoms with Crippen LogP contribution in [0.4, 0.5) is 0 Å². The van der Waals surface area contributed by atoms with E-state index >= 15 is 0 Å². The van der Waals surface area contributed by atoms with E-state index in [1.165, 1.54) is 6.42 Å². The maximum atomic E-state index is 12.3. The maximum Gasteiger partial charge on any atom is 0.232 e. The molecule has 2 amide bonds. The van der Waals surface area contributed by atoms with Gasteiger partial charge in [-0.25, -0.2) is 0 Å². The van der Waals surface area contributed by atoms with Crippen LogP contribution in [0.1, 0.15) is 50.2 Å². The Bertz CT molecular complexity index is 528. The van der Waals surface area contributed by atoms with Gasteiger partial charge in [0, 0.05) is 19.1 Å². The van der Waals surface area contributed by atoms with Crippen LogP contribution in [0.5, 0.6) is 0 Å². The van der Waals surface area contributed by atoms with Gasteiger partial charge in [0.25, 0.3) is 0 Å². The minimum Gasteiger partial charge on any atom is -0.352 e. The van der Waals surface area contributed by atoms with E-state index < -0.39 is 0 Å². The second kappa shape index (κ2) is 7.97. The van der Waals surface area contributed by atoms with Crippen LogP contribution in [0.3, 0.4) is 0 Å². The van der Waals surface area contributed by atoms with Crippen LogP contribution < -0.4 is 5.32 Å². The van der Waals surface area contributed by atoms with Crippen LogP contribution in [-0.4, -0.2) is 29.3 Å². The van der Waals surface area contributed by atoms with E-state index in [0.29, 0.717) is 12.6 Å². The molecule has 0 radical (unpaired) electrons. The molecule has 4 heteroatoms. The van der Waals surface area contributed by atoms with Crippen LogP contribution in [-0.2, 0) is 16.1 Å². The van der Waals surface area contributed by atoms with E-state index in [1.54, 1.807) is 0 Å². The lowest BCUT2D eigenvalue weighted by Gasteiger charge is -2.35. The molecule has 0 aromatic heterocycles. The smallest absolute Gasteiger partial charge is 0.232 e. The molecule has 0 bridgehead atoms. The van der Waals surface area contributed by atoms with Gasteiger partial charge >= 0.3 is 0 Å². The van der Waals surface area contributed by atoms with Crippen molar-refractivity contribution in [1.82, 2.24) is 10.2 Å². The first-order chi connectivity index (χ1) is 10.6. The molecule has 1 saturated heterocycles. The van der Waals surface area contributed by atoms with E-state index in [0.717, 1.165) is 36.9 Å². The number of hydrogen-bond donors (Lipinski definition) is 1.